The van der Waals surface area contributed by atoms with Crippen LogP contribution in [0.1, 0.15) is 30.1 Å². The predicted octanol–water partition coefficient (Wildman–Crippen LogP) is 1.71. The van der Waals surface area contributed by atoms with Crippen molar-refractivity contribution in [3.05, 3.63) is 35.9 Å². The van der Waals surface area contributed by atoms with Gasteiger partial charge >= 0.3 is 0 Å². The maximum atomic E-state index is 12.3. The summed E-state index contributed by atoms with van der Waals surface area (Å²) in [5.74, 6) is 0.144. The van der Waals surface area contributed by atoms with Crippen molar-refractivity contribution < 1.29 is 9.90 Å². The number of benzene rings is 1. The average molecular weight is 233 g/mol. The second-order valence-corrected chi connectivity index (χ2v) is 4.60. The fourth-order valence-electron chi connectivity index (χ4n) is 2.21. The molecule has 0 amide bonds. The molecule has 92 valence electrons. The Morgan fingerprint density at radius 2 is 2.06 bits per heavy atom. The third kappa shape index (κ3) is 2.93. The van der Waals surface area contributed by atoms with Crippen molar-refractivity contribution in [3.8, 4) is 0 Å². The monoisotopic (exact) mass is 233 g/mol. The maximum Gasteiger partial charge on any atom is 0.179 e. The first-order valence-corrected chi connectivity index (χ1v) is 6.20. The number of nitrogens with zero attached hydrogens (tertiary/aromatic N) is 1. The van der Waals surface area contributed by atoms with Gasteiger partial charge in [0.1, 0.15) is 0 Å². The Morgan fingerprint density at radius 3 is 2.59 bits per heavy atom. The average Bonchev–Trinajstić information content (AvgIpc) is 3.19. The van der Waals surface area contributed by atoms with E-state index in [2.05, 4.69) is 4.90 Å². The Labute approximate surface area is 102 Å². The molecule has 3 nitrogen and oxygen atoms in total. The van der Waals surface area contributed by atoms with Crippen molar-refractivity contribution in [3.63, 3.8) is 0 Å². The number of hydrogen-bond acceptors (Lipinski definition) is 3. The first-order chi connectivity index (χ1) is 8.24. The summed E-state index contributed by atoms with van der Waals surface area (Å²) in [4.78, 5) is 14.4. The number of ketones is 1. The number of carbonyl (C=O) groups is 1. The zero-order valence-electron chi connectivity index (χ0n) is 10.2. The van der Waals surface area contributed by atoms with E-state index in [-0.39, 0.29) is 18.4 Å². The summed E-state index contributed by atoms with van der Waals surface area (Å²) in [6, 6.07) is 9.72. The van der Waals surface area contributed by atoms with Crippen LogP contribution in [-0.2, 0) is 0 Å². The van der Waals surface area contributed by atoms with Gasteiger partial charge in [-0.2, -0.15) is 0 Å². The highest BCUT2D eigenvalue weighted by Crippen LogP contribution is 2.29. The highest BCUT2D eigenvalue weighted by molar-refractivity contribution is 5.99. The van der Waals surface area contributed by atoms with Crippen LogP contribution < -0.4 is 0 Å². The van der Waals surface area contributed by atoms with Gasteiger partial charge in [-0.15, -0.1) is 0 Å². The summed E-state index contributed by atoms with van der Waals surface area (Å²) in [5.41, 5.74) is 0.753. The van der Waals surface area contributed by atoms with Crippen molar-refractivity contribution in [2.75, 3.05) is 13.2 Å². The standard InChI is InChI=1S/C14H19NO2/c1-11(15(9-10-16)13-7-8-13)14(17)12-5-3-2-4-6-12/h2-6,11,13,16H,7-10H2,1H3. The molecule has 0 spiro atoms. The lowest BCUT2D eigenvalue weighted by Crippen LogP contribution is -2.42. The molecule has 0 bridgehead atoms. The molecule has 1 saturated carbocycles. The fourth-order valence-corrected chi connectivity index (χ4v) is 2.21. The highest BCUT2D eigenvalue weighted by Gasteiger charge is 2.34. The van der Waals surface area contributed by atoms with Crippen LogP contribution in [0, 0.1) is 0 Å². The van der Waals surface area contributed by atoms with Gasteiger partial charge in [0.25, 0.3) is 0 Å². The lowest BCUT2D eigenvalue weighted by Gasteiger charge is -2.27. The summed E-state index contributed by atoms with van der Waals surface area (Å²) < 4.78 is 0. The van der Waals surface area contributed by atoms with Crippen LogP contribution in [0.5, 0.6) is 0 Å². The Bertz CT molecular complexity index is 373. The van der Waals surface area contributed by atoms with Crippen molar-refractivity contribution in [1.82, 2.24) is 4.90 Å². The van der Waals surface area contributed by atoms with Crippen LogP contribution in [0.3, 0.4) is 0 Å². The molecule has 1 aliphatic carbocycles. The third-order valence-electron chi connectivity index (χ3n) is 3.31. The summed E-state index contributed by atoms with van der Waals surface area (Å²) in [6.07, 6.45) is 2.29. The fraction of sp³-hybridized carbons (Fsp3) is 0.500. The van der Waals surface area contributed by atoms with Crippen molar-refractivity contribution >= 4 is 5.78 Å². The minimum absolute atomic E-state index is 0.114. The molecule has 1 N–H and O–H groups in total. The van der Waals surface area contributed by atoms with Crippen LogP contribution in [-0.4, -0.2) is 41.0 Å². The summed E-state index contributed by atoms with van der Waals surface area (Å²) in [5, 5.41) is 9.06. The first-order valence-electron chi connectivity index (χ1n) is 6.20. The maximum absolute atomic E-state index is 12.3. The topological polar surface area (TPSA) is 40.5 Å². The lowest BCUT2D eigenvalue weighted by molar-refractivity contribution is 0.0793. The Kier molecular flexibility index (Phi) is 3.92. The van der Waals surface area contributed by atoms with E-state index in [1.807, 2.05) is 37.3 Å². The molecule has 0 saturated heterocycles. The van der Waals surface area contributed by atoms with Gasteiger partial charge in [0.2, 0.25) is 0 Å². The second-order valence-electron chi connectivity index (χ2n) is 4.60. The number of hydrogen-bond donors (Lipinski definition) is 1. The summed E-state index contributed by atoms with van der Waals surface area (Å²) in [6.45, 7) is 2.64. The molecular formula is C14H19NO2. The van der Waals surface area contributed by atoms with E-state index in [0.29, 0.717) is 12.6 Å². The van der Waals surface area contributed by atoms with E-state index in [1.54, 1.807) is 0 Å². The van der Waals surface area contributed by atoms with Crippen LogP contribution >= 0.6 is 0 Å². The van der Waals surface area contributed by atoms with Crippen LogP contribution in [0.2, 0.25) is 0 Å². The Balaban J connectivity index is 2.07. The van der Waals surface area contributed by atoms with Gasteiger partial charge in [-0.25, -0.2) is 0 Å². The van der Waals surface area contributed by atoms with Crippen LogP contribution in [0.15, 0.2) is 30.3 Å². The van der Waals surface area contributed by atoms with E-state index in [0.717, 1.165) is 18.4 Å². The van der Waals surface area contributed by atoms with Crippen LogP contribution in [0.4, 0.5) is 0 Å². The molecule has 0 aromatic heterocycles. The zero-order valence-corrected chi connectivity index (χ0v) is 10.2. The molecule has 1 aromatic rings. The Hall–Kier alpha value is -1.19. The largest absolute Gasteiger partial charge is 0.395 e. The molecule has 1 aromatic carbocycles. The number of carbonyl (C=O) groups excluding carboxylic acids is 1. The molecule has 0 aliphatic heterocycles. The van der Waals surface area contributed by atoms with Crippen LogP contribution in [0.25, 0.3) is 0 Å². The van der Waals surface area contributed by atoms with Gasteiger partial charge in [0, 0.05) is 18.2 Å². The van der Waals surface area contributed by atoms with E-state index < -0.39 is 0 Å². The van der Waals surface area contributed by atoms with E-state index in [4.69, 9.17) is 5.11 Å². The lowest BCUT2D eigenvalue weighted by atomic mass is 10.0. The van der Waals surface area contributed by atoms with Gasteiger partial charge in [-0.1, -0.05) is 30.3 Å². The van der Waals surface area contributed by atoms with Gasteiger partial charge in [-0.3, -0.25) is 9.69 Å². The molecule has 3 heteroatoms. The van der Waals surface area contributed by atoms with Gasteiger partial charge in [0.05, 0.1) is 12.6 Å². The molecular weight excluding hydrogens is 214 g/mol. The molecule has 0 radical (unpaired) electrons. The highest BCUT2D eigenvalue weighted by atomic mass is 16.3. The molecule has 0 heterocycles. The minimum atomic E-state index is -0.142. The molecule has 17 heavy (non-hydrogen) atoms. The number of aliphatic hydroxyl groups excluding tert-OH is 1. The number of Topliss-reactive ketones (excluding diaryl/α,β-unsaturated/α-hetero) is 1. The van der Waals surface area contributed by atoms with E-state index >= 15 is 0 Å². The zero-order chi connectivity index (χ0) is 12.3. The normalized spacial score (nSPS) is 17.1. The second kappa shape index (κ2) is 5.43. The minimum Gasteiger partial charge on any atom is -0.395 e. The molecule has 1 unspecified atom stereocenters. The molecule has 1 fully saturated rings. The van der Waals surface area contributed by atoms with Crippen molar-refractivity contribution in [1.29, 1.82) is 0 Å². The predicted molar refractivity (Wildman–Crippen MR) is 67.0 cm³/mol. The van der Waals surface area contributed by atoms with E-state index in [9.17, 15) is 4.79 Å². The number of aliphatic hydroxyl groups is 1. The van der Waals surface area contributed by atoms with Gasteiger partial charge in [-0.05, 0) is 19.8 Å². The van der Waals surface area contributed by atoms with Gasteiger partial charge in [0.15, 0.2) is 5.78 Å². The Morgan fingerprint density at radius 1 is 1.41 bits per heavy atom. The van der Waals surface area contributed by atoms with Crippen molar-refractivity contribution in [2.45, 2.75) is 31.8 Å². The molecule has 1 aliphatic rings. The summed E-state index contributed by atoms with van der Waals surface area (Å²) >= 11 is 0. The summed E-state index contributed by atoms with van der Waals surface area (Å²) in [7, 11) is 0. The van der Waals surface area contributed by atoms with E-state index in [1.165, 1.54) is 0 Å². The first kappa shape index (κ1) is 12.3. The van der Waals surface area contributed by atoms with Gasteiger partial charge < -0.3 is 5.11 Å². The SMILES string of the molecule is CC(C(=O)c1ccccc1)N(CCO)C1CC1. The quantitative estimate of drug-likeness (QED) is 0.760. The van der Waals surface area contributed by atoms with Crippen molar-refractivity contribution in [2.24, 2.45) is 0 Å². The molecule has 1 atom stereocenters. The third-order valence-corrected chi connectivity index (χ3v) is 3.31. The molecule has 2 rings (SSSR count). The smallest absolute Gasteiger partial charge is 0.179 e. The number of rotatable bonds is 6.